The zero-order chi connectivity index (χ0) is 33.6. The zero-order valence-corrected chi connectivity index (χ0v) is 26.7. The van der Waals surface area contributed by atoms with Gasteiger partial charge >= 0.3 is 0 Å². The number of hydrogen-bond donors (Lipinski definition) is 0. The van der Waals surface area contributed by atoms with Crippen molar-refractivity contribution in [3.05, 3.63) is 153 Å². The molecule has 0 fully saturated rings. The van der Waals surface area contributed by atoms with Crippen LogP contribution >= 0.6 is 0 Å². The Bertz CT molecular complexity index is 1700. The van der Waals surface area contributed by atoms with Crippen LogP contribution in [-0.4, -0.2) is 38.0 Å². The van der Waals surface area contributed by atoms with Gasteiger partial charge in [0.15, 0.2) is 11.5 Å². The molecule has 2 aliphatic rings. The van der Waals surface area contributed by atoms with Crippen LogP contribution in [0.4, 0.5) is 0 Å². The number of rotatable bonds is 6. The van der Waals surface area contributed by atoms with Gasteiger partial charge in [-0.25, -0.2) is 0 Å². The summed E-state index contributed by atoms with van der Waals surface area (Å²) < 4.78 is 11.6. The Balaban J connectivity index is 0.000000250. The fraction of sp³-hybridized carbons (Fsp3) is 0.158. The highest BCUT2D eigenvalue weighted by atomic mass is 16.5. The van der Waals surface area contributed by atoms with Gasteiger partial charge in [-0.2, -0.15) is 21.0 Å². The summed E-state index contributed by atoms with van der Waals surface area (Å²) in [7, 11) is 7.69. The fourth-order valence-corrected chi connectivity index (χ4v) is 4.37. The molecule has 0 aromatic heterocycles. The third-order valence-corrected chi connectivity index (χ3v) is 6.53. The van der Waals surface area contributed by atoms with Crippen LogP contribution in [0.2, 0.25) is 0 Å². The van der Waals surface area contributed by atoms with Crippen LogP contribution in [0.25, 0.3) is 12.2 Å². The average molecular weight is 607 g/mol. The summed E-state index contributed by atoms with van der Waals surface area (Å²) in [4.78, 5) is 3.88. The third-order valence-electron chi connectivity index (χ3n) is 6.53. The largest absolute Gasteiger partial charge is 0.460 e. The molecule has 2 aromatic rings. The number of allylic oxidation sites excluding steroid dienone is 10. The van der Waals surface area contributed by atoms with Crippen LogP contribution in [0, 0.1) is 45.3 Å². The van der Waals surface area contributed by atoms with E-state index in [2.05, 4.69) is 0 Å². The van der Waals surface area contributed by atoms with Crippen LogP contribution in [0.1, 0.15) is 25.0 Å². The number of nitriles is 4. The molecular formula is C38H34N6O2. The highest BCUT2D eigenvalue weighted by Crippen LogP contribution is 2.29. The van der Waals surface area contributed by atoms with Gasteiger partial charge < -0.3 is 19.3 Å². The Kier molecular flexibility index (Phi) is 12.1. The van der Waals surface area contributed by atoms with E-state index in [1.807, 2.05) is 135 Å². The van der Waals surface area contributed by atoms with E-state index in [1.54, 1.807) is 38.2 Å². The van der Waals surface area contributed by atoms with Gasteiger partial charge in [-0.05, 0) is 61.4 Å². The smallest absolute Gasteiger partial charge is 0.150 e. The SMILES string of the molecule is CC1=CC(=C(C#N)C#N)C=C(C(=Cc2ccccc2)N(C)C)O1.CC1=CC(=C(C#N)C#N)C=C(C(=Cc2ccccc2)N(C)C)O1. The predicted octanol–water partition coefficient (Wildman–Crippen LogP) is 7.50. The number of nitrogens with zero attached hydrogens (tertiary/aromatic N) is 6. The molecule has 0 spiro atoms. The summed E-state index contributed by atoms with van der Waals surface area (Å²) in [6.45, 7) is 3.60. The number of ether oxygens (including phenoxy) is 2. The molecule has 2 heterocycles. The van der Waals surface area contributed by atoms with Gasteiger partial charge in [0.2, 0.25) is 0 Å². The van der Waals surface area contributed by atoms with Crippen LogP contribution < -0.4 is 0 Å². The molecule has 2 aliphatic heterocycles. The summed E-state index contributed by atoms with van der Waals surface area (Å²) >= 11 is 0. The molecule has 0 amide bonds. The number of hydrogen-bond acceptors (Lipinski definition) is 8. The van der Waals surface area contributed by atoms with Crippen LogP contribution in [-0.2, 0) is 9.47 Å². The molecule has 2 aromatic carbocycles. The van der Waals surface area contributed by atoms with E-state index < -0.39 is 0 Å². The second kappa shape index (κ2) is 16.4. The molecular weight excluding hydrogens is 572 g/mol. The first-order valence-electron chi connectivity index (χ1n) is 14.2. The van der Waals surface area contributed by atoms with Crippen molar-refractivity contribution in [2.24, 2.45) is 0 Å². The first-order valence-corrected chi connectivity index (χ1v) is 14.2. The van der Waals surface area contributed by atoms with E-state index >= 15 is 0 Å². The lowest BCUT2D eigenvalue weighted by atomic mass is 10.0. The summed E-state index contributed by atoms with van der Waals surface area (Å²) in [5.74, 6) is 2.50. The lowest BCUT2D eigenvalue weighted by molar-refractivity contribution is 0.290. The first-order chi connectivity index (χ1) is 22.1. The second-order valence-electron chi connectivity index (χ2n) is 10.5. The number of benzene rings is 2. The van der Waals surface area contributed by atoms with Crippen molar-refractivity contribution < 1.29 is 9.47 Å². The summed E-state index contributed by atoms with van der Waals surface area (Å²) in [6.07, 6.45) is 10.8. The van der Waals surface area contributed by atoms with Gasteiger partial charge in [-0.3, -0.25) is 0 Å². The molecule has 0 aliphatic carbocycles. The lowest BCUT2D eigenvalue weighted by Crippen LogP contribution is -2.16. The Hall–Kier alpha value is -6.48. The maximum atomic E-state index is 9.08. The molecule has 0 radical (unpaired) electrons. The van der Waals surface area contributed by atoms with Crippen molar-refractivity contribution in [1.82, 2.24) is 9.80 Å². The van der Waals surface area contributed by atoms with Crippen LogP contribution in [0.3, 0.4) is 0 Å². The van der Waals surface area contributed by atoms with Crippen LogP contribution in [0.5, 0.6) is 0 Å². The Morgan fingerprint density at radius 3 is 1.15 bits per heavy atom. The maximum Gasteiger partial charge on any atom is 0.150 e. The predicted molar refractivity (Wildman–Crippen MR) is 179 cm³/mol. The topological polar surface area (TPSA) is 120 Å². The Morgan fingerprint density at radius 1 is 0.543 bits per heavy atom. The van der Waals surface area contributed by atoms with Gasteiger partial charge in [0.25, 0.3) is 0 Å². The number of likely N-dealkylation sites (N-methyl/N-ethyl adjacent to an activating group) is 2. The van der Waals surface area contributed by atoms with Gasteiger partial charge in [-0.1, -0.05) is 60.7 Å². The monoisotopic (exact) mass is 606 g/mol. The van der Waals surface area contributed by atoms with Gasteiger partial charge in [-0.15, -0.1) is 0 Å². The van der Waals surface area contributed by atoms with E-state index in [1.165, 1.54) is 0 Å². The fourth-order valence-electron chi connectivity index (χ4n) is 4.37. The molecule has 0 N–H and O–H groups in total. The molecule has 228 valence electrons. The minimum Gasteiger partial charge on any atom is -0.460 e. The first kappa shape index (κ1) is 34.0. The molecule has 0 bridgehead atoms. The molecule has 0 saturated heterocycles. The Labute approximate surface area is 271 Å². The van der Waals surface area contributed by atoms with E-state index in [-0.39, 0.29) is 11.1 Å². The maximum absolute atomic E-state index is 9.08. The molecule has 8 heteroatoms. The molecule has 0 atom stereocenters. The van der Waals surface area contributed by atoms with Crippen molar-refractivity contribution in [3.8, 4) is 24.3 Å². The average Bonchev–Trinajstić information content (AvgIpc) is 3.04. The van der Waals surface area contributed by atoms with E-state index in [4.69, 9.17) is 30.5 Å². The lowest BCUT2D eigenvalue weighted by Gasteiger charge is -2.23. The van der Waals surface area contributed by atoms with Gasteiger partial charge in [0, 0.05) is 39.3 Å². The molecule has 4 rings (SSSR count). The zero-order valence-electron chi connectivity index (χ0n) is 26.7. The molecule has 0 saturated carbocycles. The van der Waals surface area contributed by atoms with E-state index in [0.29, 0.717) is 34.2 Å². The van der Waals surface area contributed by atoms with Crippen molar-refractivity contribution in [2.45, 2.75) is 13.8 Å². The van der Waals surface area contributed by atoms with Crippen molar-refractivity contribution in [2.75, 3.05) is 28.2 Å². The normalized spacial score (nSPS) is 14.0. The minimum atomic E-state index is 0.0722. The summed E-state index contributed by atoms with van der Waals surface area (Å²) in [5.41, 5.74) is 5.07. The second-order valence-corrected chi connectivity index (χ2v) is 10.5. The molecule has 0 unspecified atom stereocenters. The quantitative estimate of drug-likeness (QED) is 0.310. The summed E-state index contributed by atoms with van der Waals surface area (Å²) in [6, 6.07) is 27.5. The van der Waals surface area contributed by atoms with Gasteiger partial charge in [0.05, 0.1) is 11.4 Å². The van der Waals surface area contributed by atoms with Crippen molar-refractivity contribution in [1.29, 1.82) is 21.0 Å². The van der Waals surface area contributed by atoms with Gasteiger partial charge in [0.1, 0.15) is 46.9 Å². The molecule has 8 nitrogen and oxygen atoms in total. The summed E-state index contributed by atoms with van der Waals surface area (Å²) in [5, 5.41) is 36.3. The van der Waals surface area contributed by atoms with E-state index in [9.17, 15) is 0 Å². The van der Waals surface area contributed by atoms with Crippen LogP contribution in [0.15, 0.2) is 142 Å². The van der Waals surface area contributed by atoms with E-state index in [0.717, 1.165) is 22.5 Å². The third kappa shape index (κ3) is 9.26. The molecule has 46 heavy (non-hydrogen) atoms. The highest BCUT2D eigenvalue weighted by Gasteiger charge is 2.18. The standard InChI is InChI=1S/2C19H17N3O/c2*1-14-9-16(17(12-20)13-21)11-19(23-14)18(22(2)3)10-15-7-5-4-6-8-15/h2*4-11H,1-3H3. The Morgan fingerprint density at radius 2 is 0.870 bits per heavy atom. The van der Waals surface area contributed by atoms with Crippen molar-refractivity contribution in [3.63, 3.8) is 0 Å². The van der Waals surface area contributed by atoms with Crippen molar-refractivity contribution >= 4 is 12.2 Å². The highest BCUT2D eigenvalue weighted by molar-refractivity contribution is 5.62. The minimum absolute atomic E-state index is 0.0722.